The highest BCUT2D eigenvalue weighted by Crippen LogP contribution is 2.41. The Kier molecular flexibility index (Phi) is 7.00. The normalized spacial score (nSPS) is 21.3. The molecule has 214 valence electrons. The fourth-order valence-corrected chi connectivity index (χ4v) is 7.27. The van der Waals surface area contributed by atoms with Crippen molar-refractivity contribution in [2.75, 3.05) is 44.2 Å². The third-order valence-corrected chi connectivity index (χ3v) is 9.16. The standard InChI is InChI=1S/C33H37ClFN5O/c1-33(2,19-39-14-5-6-15-39)20-41-32-37-30-26(31(38-32)40-17-22-12-13-23(18-40)36-22)16-27(34)28(29(30)35)25-11-7-9-21-8-3-4-10-24(21)25/h3-4,7-11,16,22-23,36H,5-6,12-15,17-20H2,1-2H3/t22-,23+. The molecule has 41 heavy (non-hydrogen) atoms. The van der Waals surface area contributed by atoms with Crippen molar-refractivity contribution in [3.8, 4) is 17.1 Å². The molecule has 8 heteroatoms. The van der Waals surface area contributed by atoms with E-state index in [-0.39, 0.29) is 16.9 Å². The van der Waals surface area contributed by atoms with Crippen LogP contribution < -0.4 is 15.0 Å². The summed E-state index contributed by atoms with van der Waals surface area (Å²) in [6.45, 7) is 9.71. The van der Waals surface area contributed by atoms with Crippen LogP contribution in [0.1, 0.15) is 39.5 Å². The molecule has 1 N–H and O–H groups in total. The molecule has 3 saturated heterocycles. The lowest BCUT2D eigenvalue weighted by molar-refractivity contribution is 0.122. The van der Waals surface area contributed by atoms with Gasteiger partial charge in [0.25, 0.3) is 0 Å². The van der Waals surface area contributed by atoms with Crippen molar-refractivity contribution in [3.05, 3.63) is 59.4 Å². The van der Waals surface area contributed by atoms with E-state index < -0.39 is 5.82 Å². The predicted molar refractivity (Wildman–Crippen MR) is 165 cm³/mol. The zero-order valence-electron chi connectivity index (χ0n) is 23.8. The molecule has 4 heterocycles. The average Bonchev–Trinajstić information content (AvgIpc) is 3.60. The van der Waals surface area contributed by atoms with Gasteiger partial charge in [0.15, 0.2) is 5.82 Å². The first-order chi connectivity index (χ1) is 19.8. The minimum absolute atomic E-state index is 0.0936. The summed E-state index contributed by atoms with van der Waals surface area (Å²) >= 11 is 6.90. The van der Waals surface area contributed by atoms with Crippen LogP contribution in [0.5, 0.6) is 6.01 Å². The second-order valence-corrected chi connectivity index (χ2v) is 13.2. The Balaban J connectivity index is 1.32. The lowest BCUT2D eigenvalue weighted by atomic mass is 9.94. The van der Waals surface area contributed by atoms with Crippen LogP contribution in [0, 0.1) is 11.2 Å². The Labute approximate surface area is 245 Å². The number of fused-ring (bicyclic) bond motifs is 4. The molecule has 3 aliphatic heterocycles. The number of aromatic nitrogens is 2. The van der Waals surface area contributed by atoms with E-state index in [2.05, 4.69) is 29.0 Å². The van der Waals surface area contributed by atoms with Crippen molar-refractivity contribution >= 4 is 39.1 Å². The van der Waals surface area contributed by atoms with Crippen molar-refractivity contribution in [1.29, 1.82) is 0 Å². The number of ether oxygens (including phenoxy) is 1. The van der Waals surface area contributed by atoms with Gasteiger partial charge >= 0.3 is 6.01 Å². The lowest BCUT2D eigenvalue weighted by Gasteiger charge is -2.34. The molecule has 0 radical (unpaired) electrons. The SMILES string of the molecule is CC(C)(COc1nc(N2C[C@H]3CC[C@@H](C2)N3)c2cc(Cl)c(-c3cccc4ccccc34)c(F)c2n1)CN1CCCC1. The summed E-state index contributed by atoms with van der Waals surface area (Å²) in [4.78, 5) is 14.4. The zero-order valence-corrected chi connectivity index (χ0v) is 24.6. The number of hydrogen-bond acceptors (Lipinski definition) is 6. The highest BCUT2D eigenvalue weighted by molar-refractivity contribution is 6.35. The summed E-state index contributed by atoms with van der Waals surface area (Å²) in [5.74, 6) is 0.262. The van der Waals surface area contributed by atoms with Crippen LogP contribution in [0.15, 0.2) is 48.5 Å². The molecule has 2 atom stereocenters. The molecule has 0 spiro atoms. The van der Waals surface area contributed by atoms with Gasteiger partial charge in [0.1, 0.15) is 11.3 Å². The molecule has 7 rings (SSSR count). The Bertz CT molecular complexity index is 1590. The third kappa shape index (κ3) is 5.24. The smallest absolute Gasteiger partial charge is 0.319 e. The molecule has 3 fully saturated rings. The van der Waals surface area contributed by atoms with Gasteiger partial charge in [0.05, 0.1) is 11.6 Å². The Morgan fingerprint density at radius 3 is 2.51 bits per heavy atom. The maximum atomic E-state index is 16.7. The highest BCUT2D eigenvalue weighted by Gasteiger charge is 2.34. The predicted octanol–water partition coefficient (Wildman–Crippen LogP) is 6.68. The quantitative estimate of drug-likeness (QED) is 0.266. The second kappa shape index (κ2) is 10.7. The summed E-state index contributed by atoms with van der Waals surface area (Å²) in [5, 5.41) is 6.64. The van der Waals surface area contributed by atoms with Crippen molar-refractivity contribution in [2.24, 2.45) is 5.41 Å². The highest BCUT2D eigenvalue weighted by atomic mass is 35.5. The van der Waals surface area contributed by atoms with Gasteiger partial charge in [0.2, 0.25) is 0 Å². The Hall–Kier alpha value is -3.00. The van der Waals surface area contributed by atoms with Crippen LogP contribution >= 0.6 is 11.6 Å². The van der Waals surface area contributed by atoms with E-state index in [9.17, 15) is 0 Å². The van der Waals surface area contributed by atoms with E-state index in [1.165, 1.54) is 12.8 Å². The van der Waals surface area contributed by atoms with Gasteiger partial charge in [0, 0.05) is 48.1 Å². The molecular formula is C33H37ClFN5O. The summed E-state index contributed by atoms with van der Waals surface area (Å²) < 4.78 is 23.0. The third-order valence-electron chi connectivity index (χ3n) is 8.86. The van der Waals surface area contributed by atoms with Gasteiger partial charge in [-0.3, -0.25) is 0 Å². The van der Waals surface area contributed by atoms with E-state index in [1.807, 2.05) is 48.5 Å². The number of benzene rings is 3. The van der Waals surface area contributed by atoms with Crippen molar-refractivity contribution in [3.63, 3.8) is 0 Å². The molecule has 3 aliphatic rings. The molecule has 3 aromatic carbocycles. The summed E-state index contributed by atoms with van der Waals surface area (Å²) in [6, 6.07) is 16.7. The van der Waals surface area contributed by atoms with Crippen LogP contribution in [-0.2, 0) is 0 Å². The van der Waals surface area contributed by atoms with Crippen LogP contribution in [0.4, 0.5) is 10.2 Å². The number of nitrogens with zero attached hydrogens (tertiary/aromatic N) is 4. The Morgan fingerprint density at radius 2 is 1.73 bits per heavy atom. The number of hydrogen-bond donors (Lipinski definition) is 1. The Morgan fingerprint density at radius 1 is 1.00 bits per heavy atom. The van der Waals surface area contributed by atoms with E-state index in [0.717, 1.165) is 61.9 Å². The first-order valence-corrected chi connectivity index (χ1v) is 15.3. The average molecular weight is 574 g/mol. The fraction of sp³-hybridized carbons (Fsp3) is 0.455. The topological polar surface area (TPSA) is 53.5 Å². The van der Waals surface area contributed by atoms with Crippen molar-refractivity contribution < 1.29 is 9.13 Å². The molecule has 0 unspecified atom stereocenters. The van der Waals surface area contributed by atoms with Gasteiger partial charge in [-0.1, -0.05) is 67.9 Å². The number of rotatable bonds is 7. The first kappa shape index (κ1) is 26.9. The number of likely N-dealkylation sites (tertiary alicyclic amines) is 1. The van der Waals surface area contributed by atoms with Crippen LogP contribution in [0.3, 0.4) is 0 Å². The summed E-state index contributed by atoms with van der Waals surface area (Å²) in [7, 11) is 0. The maximum Gasteiger partial charge on any atom is 0.319 e. The van der Waals surface area contributed by atoms with Gasteiger partial charge < -0.3 is 19.9 Å². The zero-order chi connectivity index (χ0) is 28.1. The van der Waals surface area contributed by atoms with Crippen LogP contribution in [-0.4, -0.2) is 66.3 Å². The number of anilines is 1. The molecule has 0 saturated carbocycles. The molecule has 1 aromatic heterocycles. The maximum absolute atomic E-state index is 16.7. The van der Waals surface area contributed by atoms with Gasteiger partial charge in [-0.05, 0) is 61.2 Å². The summed E-state index contributed by atoms with van der Waals surface area (Å²) in [5.41, 5.74) is 1.27. The van der Waals surface area contributed by atoms with Gasteiger partial charge in [-0.25, -0.2) is 4.39 Å². The minimum atomic E-state index is -0.438. The molecule has 0 amide bonds. The molecule has 0 aliphatic carbocycles. The monoisotopic (exact) mass is 573 g/mol. The molecule has 2 bridgehead atoms. The van der Waals surface area contributed by atoms with E-state index in [4.69, 9.17) is 26.3 Å². The number of halogens is 2. The first-order valence-electron chi connectivity index (χ1n) is 14.9. The molecule has 4 aromatic rings. The molecule has 6 nitrogen and oxygen atoms in total. The number of piperazine rings is 1. The van der Waals surface area contributed by atoms with Crippen molar-refractivity contribution in [1.82, 2.24) is 20.2 Å². The fourth-order valence-electron chi connectivity index (χ4n) is 6.98. The van der Waals surface area contributed by atoms with E-state index in [1.54, 1.807) is 0 Å². The van der Waals surface area contributed by atoms with Gasteiger partial charge in [-0.2, -0.15) is 9.97 Å². The summed E-state index contributed by atoms with van der Waals surface area (Å²) in [6.07, 6.45) is 4.78. The minimum Gasteiger partial charge on any atom is -0.463 e. The largest absolute Gasteiger partial charge is 0.463 e. The van der Waals surface area contributed by atoms with E-state index in [0.29, 0.717) is 40.5 Å². The van der Waals surface area contributed by atoms with Gasteiger partial charge in [-0.15, -0.1) is 0 Å². The number of nitrogens with one attached hydrogen (secondary N) is 1. The second-order valence-electron chi connectivity index (χ2n) is 12.8. The van der Waals surface area contributed by atoms with Crippen LogP contribution in [0.2, 0.25) is 5.02 Å². The van der Waals surface area contributed by atoms with E-state index >= 15 is 4.39 Å². The van der Waals surface area contributed by atoms with Crippen molar-refractivity contribution in [2.45, 2.75) is 51.6 Å². The lowest BCUT2D eigenvalue weighted by Crippen LogP contribution is -2.51. The van der Waals surface area contributed by atoms with Crippen LogP contribution in [0.25, 0.3) is 32.8 Å². The molecular weight excluding hydrogens is 537 g/mol.